The van der Waals surface area contributed by atoms with Crippen LogP contribution in [0.25, 0.3) is 0 Å². The second kappa shape index (κ2) is 3.23. The van der Waals surface area contributed by atoms with Gasteiger partial charge in [0.25, 0.3) is 5.91 Å². The van der Waals surface area contributed by atoms with E-state index in [2.05, 4.69) is 35.5 Å². The van der Waals surface area contributed by atoms with Gasteiger partial charge in [-0.25, -0.2) is 0 Å². The van der Waals surface area contributed by atoms with Gasteiger partial charge in [0.15, 0.2) is 5.69 Å². The van der Waals surface area contributed by atoms with Crippen molar-refractivity contribution in [3.05, 3.63) is 11.9 Å². The average Bonchev–Trinajstić information content (AvgIpc) is 2.74. The third-order valence-electron chi connectivity index (χ3n) is 1.17. The quantitative estimate of drug-likeness (QED) is 0.659. The molecule has 0 fully saturated rings. The fourth-order valence-corrected chi connectivity index (χ4v) is 1.02. The van der Waals surface area contributed by atoms with Crippen molar-refractivity contribution in [2.75, 3.05) is 5.32 Å². The molecule has 0 aliphatic rings. The lowest BCUT2D eigenvalue weighted by Gasteiger charge is -1.93. The summed E-state index contributed by atoms with van der Waals surface area (Å²) in [5.74, 6) is -0.396. The first-order chi connectivity index (χ1) is 6.36. The summed E-state index contributed by atoms with van der Waals surface area (Å²) in [6.07, 6.45) is 1.31. The molecule has 9 heteroatoms. The van der Waals surface area contributed by atoms with Crippen LogP contribution in [0.3, 0.4) is 0 Å². The number of nitrogens with zero attached hydrogens (tertiary/aromatic N) is 5. The number of carbonyl (C=O) groups is 1. The summed E-state index contributed by atoms with van der Waals surface area (Å²) >= 11 is 0.986. The first-order valence-corrected chi connectivity index (χ1v) is 3.96. The minimum Gasteiger partial charge on any atom is -0.294 e. The monoisotopic (exact) mass is 197 g/mol. The van der Waals surface area contributed by atoms with Crippen LogP contribution >= 0.6 is 11.5 Å². The van der Waals surface area contributed by atoms with Gasteiger partial charge in [0.2, 0.25) is 5.13 Å². The molecule has 1 amide bonds. The van der Waals surface area contributed by atoms with Gasteiger partial charge < -0.3 is 0 Å². The highest BCUT2D eigenvalue weighted by Crippen LogP contribution is 2.05. The first-order valence-electron chi connectivity index (χ1n) is 3.18. The molecule has 2 rings (SSSR count). The minimum absolute atomic E-state index is 0.190. The molecule has 2 N–H and O–H groups in total. The van der Waals surface area contributed by atoms with Crippen LogP contribution in [-0.2, 0) is 0 Å². The molecule has 0 aliphatic heterocycles. The Kier molecular flexibility index (Phi) is 1.92. The average molecular weight is 197 g/mol. The molecular weight excluding hydrogens is 194 g/mol. The molecule has 0 unspecified atom stereocenters. The number of amides is 1. The molecule has 0 aliphatic carbocycles. The number of H-pyrrole nitrogens is 1. The van der Waals surface area contributed by atoms with Gasteiger partial charge in [-0.2, -0.15) is 15.4 Å². The van der Waals surface area contributed by atoms with E-state index in [4.69, 9.17) is 0 Å². The summed E-state index contributed by atoms with van der Waals surface area (Å²) in [6.45, 7) is 0. The van der Waals surface area contributed by atoms with Gasteiger partial charge in [0, 0.05) is 11.5 Å². The van der Waals surface area contributed by atoms with Crippen molar-refractivity contribution in [3.8, 4) is 0 Å². The largest absolute Gasteiger partial charge is 0.294 e. The van der Waals surface area contributed by atoms with Gasteiger partial charge in [-0.15, -0.1) is 0 Å². The highest BCUT2D eigenvalue weighted by atomic mass is 32.1. The Balaban J connectivity index is 2.08. The maximum Gasteiger partial charge on any atom is 0.279 e. The van der Waals surface area contributed by atoms with Crippen LogP contribution in [0.5, 0.6) is 0 Å². The maximum atomic E-state index is 11.3. The number of rotatable bonds is 2. The standard InChI is InChI=1S/C4H3N7OS/c12-3(2-1-5-9-7-2)6-4-8-10-11-13-4/h1H,(H,5,7,9)(H,6,8,11,12). The molecule has 0 saturated heterocycles. The number of carbonyl (C=O) groups excluding carboxylic acids is 1. The van der Waals surface area contributed by atoms with Gasteiger partial charge in [0.1, 0.15) is 0 Å². The van der Waals surface area contributed by atoms with E-state index in [0.29, 0.717) is 5.13 Å². The van der Waals surface area contributed by atoms with Crippen LogP contribution in [-0.4, -0.2) is 36.1 Å². The first kappa shape index (κ1) is 7.73. The zero-order valence-corrected chi connectivity index (χ0v) is 6.95. The second-order valence-electron chi connectivity index (χ2n) is 1.98. The van der Waals surface area contributed by atoms with Gasteiger partial charge in [0.05, 0.1) is 6.20 Å². The van der Waals surface area contributed by atoms with E-state index in [1.54, 1.807) is 0 Å². The Morgan fingerprint density at radius 2 is 2.54 bits per heavy atom. The number of aromatic nitrogens is 6. The Morgan fingerprint density at radius 3 is 3.15 bits per heavy atom. The number of hydrogen-bond acceptors (Lipinski definition) is 7. The molecular formula is C4H3N7OS. The minimum atomic E-state index is -0.396. The highest BCUT2D eigenvalue weighted by Gasteiger charge is 2.10. The smallest absolute Gasteiger partial charge is 0.279 e. The fourth-order valence-electron chi connectivity index (χ4n) is 0.654. The maximum absolute atomic E-state index is 11.3. The fraction of sp³-hybridized carbons (Fsp3) is 0. The summed E-state index contributed by atoms with van der Waals surface area (Å²) in [4.78, 5) is 11.3. The lowest BCUT2D eigenvalue weighted by Crippen LogP contribution is -2.12. The van der Waals surface area contributed by atoms with Crippen molar-refractivity contribution in [3.63, 3.8) is 0 Å². The predicted octanol–water partition coefficient (Wildman–Crippen LogP) is -0.697. The van der Waals surface area contributed by atoms with Crippen molar-refractivity contribution in [1.29, 1.82) is 0 Å². The van der Waals surface area contributed by atoms with Crippen molar-refractivity contribution in [2.24, 2.45) is 0 Å². The summed E-state index contributed by atoms with van der Waals surface area (Å²) in [5.41, 5.74) is 0.190. The molecule has 0 aromatic carbocycles. The van der Waals surface area contributed by atoms with Gasteiger partial charge >= 0.3 is 0 Å². The number of anilines is 1. The molecule has 2 heterocycles. The molecule has 0 spiro atoms. The third-order valence-corrected chi connectivity index (χ3v) is 1.68. The topological polar surface area (TPSA) is 109 Å². The van der Waals surface area contributed by atoms with Crippen LogP contribution in [0.4, 0.5) is 5.13 Å². The molecule has 0 atom stereocenters. The van der Waals surface area contributed by atoms with Gasteiger partial charge in [-0.1, -0.05) is 9.59 Å². The van der Waals surface area contributed by atoms with Gasteiger partial charge in [-0.3, -0.25) is 10.1 Å². The second-order valence-corrected chi connectivity index (χ2v) is 2.71. The molecule has 0 saturated carbocycles. The van der Waals surface area contributed by atoms with E-state index in [9.17, 15) is 4.79 Å². The van der Waals surface area contributed by atoms with E-state index >= 15 is 0 Å². The molecule has 2 aromatic rings. The van der Waals surface area contributed by atoms with Gasteiger partial charge in [-0.05, 0) is 5.21 Å². The van der Waals surface area contributed by atoms with Crippen LogP contribution in [0, 0.1) is 0 Å². The molecule has 8 nitrogen and oxygen atoms in total. The van der Waals surface area contributed by atoms with E-state index < -0.39 is 5.91 Å². The summed E-state index contributed by atoms with van der Waals surface area (Å²) in [6, 6.07) is 0. The highest BCUT2D eigenvalue weighted by molar-refractivity contribution is 7.09. The number of aromatic amines is 1. The van der Waals surface area contributed by atoms with Crippen molar-refractivity contribution < 1.29 is 4.79 Å². The van der Waals surface area contributed by atoms with Crippen LogP contribution < -0.4 is 5.32 Å². The number of nitrogens with one attached hydrogen (secondary N) is 2. The third kappa shape index (κ3) is 1.64. The zero-order chi connectivity index (χ0) is 9.10. The lowest BCUT2D eigenvalue weighted by molar-refractivity contribution is 0.102. The molecule has 2 aromatic heterocycles. The Labute approximate surface area is 75.5 Å². The molecule has 13 heavy (non-hydrogen) atoms. The molecule has 66 valence electrons. The van der Waals surface area contributed by atoms with Crippen molar-refractivity contribution in [2.45, 2.75) is 0 Å². The van der Waals surface area contributed by atoms with Crippen LogP contribution in [0.2, 0.25) is 0 Å². The summed E-state index contributed by atoms with van der Waals surface area (Å²) in [5, 5.41) is 19.0. The SMILES string of the molecule is O=C(Nc1nnns1)c1cn[nH]n1. The molecule has 0 radical (unpaired) electrons. The number of hydrogen-bond donors (Lipinski definition) is 2. The Bertz CT molecular complexity index is 381. The van der Waals surface area contributed by atoms with Crippen molar-refractivity contribution in [1.82, 2.24) is 30.2 Å². The van der Waals surface area contributed by atoms with E-state index in [-0.39, 0.29) is 5.69 Å². The Morgan fingerprint density at radius 1 is 1.62 bits per heavy atom. The van der Waals surface area contributed by atoms with E-state index in [0.717, 1.165) is 11.5 Å². The lowest BCUT2D eigenvalue weighted by atomic mass is 10.4. The van der Waals surface area contributed by atoms with Crippen LogP contribution in [0.1, 0.15) is 10.5 Å². The normalized spacial score (nSPS) is 9.85. The predicted molar refractivity (Wildman–Crippen MR) is 42.0 cm³/mol. The van der Waals surface area contributed by atoms with Crippen molar-refractivity contribution >= 4 is 22.6 Å². The molecule has 0 bridgehead atoms. The van der Waals surface area contributed by atoms with E-state index in [1.165, 1.54) is 6.20 Å². The summed E-state index contributed by atoms with van der Waals surface area (Å²) < 4.78 is 3.48. The zero-order valence-electron chi connectivity index (χ0n) is 6.13. The van der Waals surface area contributed by atoms with Crippen LogP contribution in [0.15, 0.2) is 6.20 Å². The summed E-state index contributed by atoms with van der Waals surface area (Å²) in [7, 11) is 0. The Hall–Kier alpha value is -1.90. The van der Waals surface area contributed by atoms with E-state index in [1.807, 2.05) is 0 Å².